The number of nitrogens with zero attached hydrogens (tertiary/aromatic N) is 1. The number of thioether (sulfide) groups is 1. The van der Waals surface area contributed by atoms with Crippen LogP contribution < -0.4 is 10.2 Å². The van der Waals surface area contributed by atoms with Crippen LogP contribution in [0.3, 0.4) is 0 Å². The second-order valence-corrected chi connectivity index (χ2v) is 7.79. The van der Waals surface area contributed by atoms with Crippen LogP contribution in [0.5, 0.6) is 11.5 Å². The minimum Gasteiger partial charge on any atom is -0.507 e. The molecule has 2 aromatic carbocycles. The smallest absolute Gasteiger partial charge is 0.344 e. The minimum atomic E-state index is -1.12. The predicted molar refractivity (Wildman–Crippen MR) is 115 cm³/mol. The van der Waals surface area contributed by atoms with Crippen LogP contribution >= 0.6 is 24.0 Å². The zero-order valence-corrected chi connectivity index (χ0v) is 17.2. The van der Waals surface area contributed by atoms with Crippen molar-refractivity contribution in [3.05, 3.63) is 64.6 Å². The van der Waals surface area contributed by atoms with E-state index in [1.807, 2.05) is 0 Å². The lowest BCUT2D eigenvalue weighted by Gasteiger charge is -2.16. The molecule has 1 aliphatic rings. The van der Waals surface area contributed by atoms with E-state index in [0.717, 1.165) is 16.8 Å². The number of phenolic OH excluding ortho intramolecular Hbond substituents is 1. The van der Waals surface area contributed by atoms with Crippen molar-refractivity contribution in [3.8, 4) is 11.5 Å². The van der Waals surface area contributed by atoms with Gasteiger partial charge in [-0.2, -0.15) is 5.01 Å². The van der Waals surface area contributed by atoms with Crippen molar-refractivity contribution in [2.75, 3.05) is 0 Å². The number of carbonyl (C=O) groups is 3. The van der Waals surface area contributed by atoms with Crippen LogP contribution in [0.2, 0.25) is 0 Å². The highest BCUT2D eigenvalue weighted by molar-refractivity contribution is 8.26. The first kappa shape index (κ1) is 21.3. The molecule has 1 heterocycles. The van der Waals surface area contributed by atoms with E-state index in [1.165, 1.54) is 25.1 Å². The van der Waals surface area contributed by atoms with Crippen LogP contribution in [0.15, 0.2) is 53.4 Å². The summed E-state index contributed by atoms with van der Waals surface area (Å²) in [4.78, 5) is 36.4. The molecular weight excluding hydrogens is 428 g/mol. The van der Waals surface area contributed by atoms with Crippen molar-refractivity contribution in [3.63, 3.8) is 0 Å². The number of aromatic hydroxyl groups is 1. The number of carbonyl (C=O) groups excluding carboxylic acids is 2. The van der Waals surface area contributed by atoms with Crippen LogP contribution in [0.1, 0.15) is 22.8 Å². The van der Waals surface area contributed by atoms with Crippen LogP contribution in [0, 0.1) is 0 Å². The molecular formula is C20H16N2O6S2. The number of rotatable bonds is 6. The molecule has 10 heteroatoms. The molecule has 30 heavy (non-hydrogen) atoms. The van der Waals surface area contributed by atoms with Gasteiger partial charge in [-0.1, -0.05) is 42.1 Å². The van der Waals surface area contributed by atoms with Gasteiger partial charge in [0.2, 0.25) is 0 Å². The van der Waals surface area contributed by atoms with Crippen molar-refractivity contribution in [1.29, 1.82) is 0 Å². The molecule has 1 aliphatic heterocycles. The van der Waals surface area contributed by atoms with Crippen molar-refractivity contribution >= 4 is 52.2 Å². The second-order valence-electron chi connectivity index (χ2n) is 6.11. The van der Waals surface area contributed by atoms with Gasteiger partial charge in [-0.25, -0.2) is 4.79 Å². The second kappa shape index (κ2) is 8.97. The van der Waals surface area contributed by atoms with E-state index in [9.17, 15) is 19.5 Å². The number of hydrogen-bond donors (Lipinski definition) is 3. The largest absolute Gasteiger partial charge is 0.507 e. The average molecular weight is 444 g/mol. The fourth-order valence-corrected chi connectivity index (χ4v) is 3.65. The van der Waals surface area contributed by atoms with Crippen LogP contribution in [0.4, 0.5) is 0 Å². The summed E-state index contributed by atoms with van der Waals surface area (Å²) in [6.45, 7) is 1.40. The Morgan fingerprint density at radius 3 is 2.57 bits per heavy atom. The van der Waals surface area contributed by atoms with E-state index in [2.05, 4.69) is 5.43 Å². The number of carboxylic acids is 1. The Bertz CT molecular complexity index is 1070. The quantitative estimate of drug-likeness (QED) is 0.460. The number of benzene rings is 2. The molecule has 0 radical (unpaired) electrons. The minimum absolute atomic E-state index is 0.00284. The molecule has 154 valence electrons. The van der Waals surface area contributed by atoms with Crippen molar-refractivity contribution in [2.24, 2.45) is 0 Å². The predicted octanol–water partition coefficient (Wildman–Crippen LogP) is 2.79. The Morgan fingerprint density at radius 2 is 1.87 bits per heavy atom. The van der Waals surface area contributed by atoms with E-state index >= 15 is 0 Å². The molecule has 8 nitrogen and oxygen atoms in total. The first-order valence-corrected chi connectivity index (χ1v) is 9.86. The number of ether oxygens (including phenoxy) is 1. The summed E-state index contributed by atoms with van der Waals surface area (Å²) < 4.78 is 5.54. The number of phenols is 1. The van der Waals surface area contributed by atoms with E-state index < -0.39 is 23.9 Å². The monoisotopic (exact) mass is 444 g/mol. The van der Waals surface area contributed by atoms with Gasteiger partial charge >= 0.3 is 5.97 Å². The maximum atomic E-state index is 12.8. The zero-order valence-electron chi connectivity index (χ0n) is 15.6. The van der Waals surface area contributed by atoms with Gasteiger partial charge in [0.1, 0.15) is 11.5 Å². The summed E-state index contributed by atoms with van der Waals surface area (Å²) in [7, 11) is 0. The van der Waals surface area contributed by atoms with Crippen molar-refractivity contribution < 1.29 is 29.3 Å². The fourth-order valence-electron chi connectivity index (χ4n) is 2.48. The number of nitrogens with one attached hydrogen (secondary N) is 1. The molecule has 1 unspecified atom stereocenters. The number of thiocarbonyl (C=S) groups is 1. The Hall–Kier alpha value is -3.37. The molecule has 2 aromatic rings. The third-order valence-corrected chi connectivity index (χ3v) is 5.32. The van der Waals surface area contributed by atoms with Crippen LogP contribution in [-0.4, -0.2) is 43.4 Å². The summed E-state index contributed by atoms with van der Waals surface area (Å²) in [5.74, 6) is -2.31. The first-order chi connectivity index (χ1) is 14.3. The Balaban J connectivity index is 1.81. The Kier molecular flexibility index (Phi) is 6.38. The summed E-state index contributed by atoms with van der Waals surface area (Å²) in [6, 6.07) is 12.6. The highest BCUT2D eigenvalue weighted by Crippen LogP contribution is 2.33. The molecule has 0 spiro atoms. The van der Waals surface area contributed by atoms with Gasteiger partial charge in [-0.15, -0.1) is 0 Å². The standard InChI is InChI=1S/C20H16N2O6S2/c1-11(19(26)27)28-15-9-5-2-6-12(15)10-16-18(25)22(20(29)30-16)21-17(24)13-7-3-4-8-14(13)23/h2-11,23H,1H3,(H,21,24)(H,26,27)/b16-10-. The van der Waals surface area contributed by atoms with Gasteiger partial charge in [0.25, 0.3) is 11.8 Å². The van der Waals surface area contributed by atoms with Crippen molar-refractivity contribution in [2.45, 2.75) is 13.0 Å². The lowest BCUT2D eigenvalue weighted by molar-refractivity contribution is -0.144. The number of aliphatic carboxylic acids is 1. The Morgan fingerprint density at radius 1 is 1.20 bits per heavy atom. The lowest BCUT2D eigenvalue weighted by atomic mass is 10.2. The van der Waals surface area contributed by atoms with Crippen molar-refractivity contribution in [1.82, 2.24) is 10.4 Å². The normalized spacial score (nSPS) is 15.9. The summed E-state index contributed by atoms with van der Waals surface area (Å²) in [5.41, 5.74) is 2.87. The third kappa shape index (κ3) is 4.61. The summed E-state index contributed by atoms with van der Waals surface area (Å²) >= 11 is 6.16. The van der Waals surface area contributed by atoms with E-state index in [0.29, 0.717) is 5.56 Å². The van der Waals surface area contributed by atoms with Gasteiger partial charge < -0.3 is 14.9 Å². The van der Waals surface area contributed by atoms with Gasteiger partial charge in [0.15, 0.2) is 10.4 Å². The van der Waals surface area contributed by atoms with Crippen LogP contribution in [0.25, 0.3) is 6.08 Å². The highest BCUT2D eigenvalue weighted by Gasteiger charge is 2.34. The molecule has 0 saturated carbocycles. The third-order valence-electron chi connectivity index (χ3n) is 4.01. The number of amides is 2. The molecule has 0 aliphatic carbocycles. The molecule has 0 aromatic heterocycles. The topological polar surface area (TPSA) is 116 Å². The number of carboxylic acid groups (broad SMARTS) is 1. The maximum Gasteiger partial charge on any atom is 0.344 e. The van der Waals surface area contributed by atoms with E-state index in [-0.39, 0.29) is 26.3 Å². The fraction of sp³-hybridized carbons (Fsp3) is 0.100. The van der Waals surface area contributed by atoms with E-state index in [1.54, 1.807) is 36.4 Å². The molecule has 3 N–H and O–H groups in total. The SMILES string of the molecule is CC(Oc1ccccc1/C=C1\SC(=S)N(NC(=O)c2ccccc2O)C1=O)C(=O)O. The van der Waals surface area contributed by atoms with Gasteiger partial charge in [0.05, 0.1) is 10.5 Å². The molecule has 1 fully saturated rings. The maximum absolute atomic E-state index is 12.8. The van der Waals surface area contributed by atoms with E-state index in [4.69, 9.17) is 22.1 Å². The summed E-state index contributed by atoms with van der Waals surface area (Å²) in [5, 5.41) is 19.8. The molecule has 2 amide bonds. The lowest BCUT2D eigenvalue weighted by Crippen LogP contribution is -2.44. The molecule has 1 saturated heterocycles. The first-order valence-electron chi connectivity index (χ1n) is 8.63. The van der Waals surface area contributed by atoms with Gasteiger partial charge in [-0.05, 0) is 43.4 Å². The molecule has 3 rings (SSSR count). The Labute approximate surface area is 181 Å². The summed E-state index contributed by atoms with van der Waals surface area (Å²) in [6.07, 6.45) is 0.432. The van der Waals surface area contributed by atoms with Gasteiger partial charge in [0, 0.05) is 5.56 Å². The molecule has 0 bridgehead atoms. The number of hydrazine groups is 1. The number of para-hydroxylation sites is 2. The average Bonchev–Trinajstić information content (AvgIpc) is 2.97. The number of hydrogen-bond acceptors (Lipinski definition) is 7. The highest BCUT2D eigenvalue weighted by atomic mass is 32.2. The zero-order chi connectivity index (χ0) is 21.8. The van der Waals surface area contributed by atoms with Gasteiger partial charge in [-0.3, -0.25) is 15.0 Å². The van der Waals surface area contributed by atoms with Crippen LogP contribution in [-0.2, 0) is 9.59 Å². The molecule has 1 atom stereocenters.